The van der Waals surface area contributed by atoms with Crippen LogP contribution in [-0.2, 0) is 4.84 Å². The average molecular weight is 290 g/mol. The Labute approximate surface area is 125 Å². The first-order chi connectivity index (χ1) is 10.1. The van der Waals surface area contributed by atoms with E-state index in [1.165, 1.54) is 7.11 Å². The molecule has 0 aliphatic carbocycles. The predicted molar refractivity (Wildman–Crippen MR) is 81.4 cm³/mol. The Morgan fingerprint density at radius 3 is 2.81 bits per heavy atom. The summed E-state index contributed by atoms with van der Waals surface area (Å²) in [6.45, 7) is 3.18. The van der Waals surface area contributed by atoms with Crippen LogP contribution in [0.15, 0.2) is 29.4 Å². The smallest absolute Gasteiger partial charge is 0.253 e. The number of amides is 1. The fraction of sp³-hybridized carbons (Fsp3) is 0.500. The van der Waals surface area contributed by atoms with Crippen molar-refractivity contribution in [1.29, 1.82) is 0 Å². The van der Waals surface area contributed by atoms with Crippen LogP contribution in [0, 0.1) is 5.92 Å². The molecule has 0 saturated carbocycles. The fourth-order valence-corrected chi connectivity index (χ4v) is 2.60. The van der Waals surface area contributed by atoms with Crippen molar-refractivity contribution in [2.24, 2.45) is 11.1 Å². The summed E-state index contributed by atoms with van der Waals surface area (Å²) in [5.41, 5.74) is 1.55. The minimum atomic E-state index is -0.367. The first-order valence-corrected chi connectivity index (χ1v) is 7.25. The minimum absolute atomic E-state index is 0.0237. The van der Waals surface area contributed by atoms with Gasteiger partial charge in [0.1, 0.15) is 7.11 Å². The molecule has 0 spiro atoms. The van der Waals surface area contributed by atoms with Gasteiger partial charge >= 0.3 is 0 Å². The lowest BCUT2D eigenvalue weighted by atomic mass is 9.93. The van der Waals surface area contributed by atoms with Gasteiger partial charge in [0.2, 0.25) is 0 Å². The zero-order chi connectivity index (χ0) is 15.2. The van der Waals surface area contributed by atoms with Gasteiger partial charge in [-0.2, -0.15) is 0 Å². The van der Waals surface area contributed by atoms with E-state index < -0.39 is 0 Å². The lowest BCUT2D eigenvalue weighted by Crippen LogP contribution is -2.42. The van der Waals surface area contributed by atoms with E-state index in [9.17, 15) is 9.90 Å². The number of aliphatic hydroxyl groups is 1. The van der Waals surface area contributed by atoms with Crippen LogP contribution in [0.1, 0.15) is 35.7 Å². The molecule has 0 radical (unpaired) electrons. The molecule has 0 aromatic heterocycles. The number of rotatable bonds is 4. The van der Waals surface area contributed by atoms with Gasteiger partial charge in [-0.25, -0.2) is 0 Å². The van der Waals surface area contributed by atoms with Gasteiger partial charge in [0.05, 0.1) is 12.3 Å². The number of carbonyl (C=O) groups excluding carboxylic acids is 1. The first-order valence-electron chi connectivity index (χ1n) is 7.25. The molecule has 21 heavy (non-hydrogen) atoms. The largest absolute Gasteiger partial charge is 0.399 e. The summed E-state index contributed by atoms with van der Waals surface area (Å²) in [4.78, 5) is 18.9. The van der Waals surface area contributed by atoms with E-state index in [0.29, 0.717) is 12.1 Å². The van der Waals surface area contributed by atoms with E-state index in [2.05, 4.69) is 9.99 Å². The second-order valence-electron chi connectivity index (χ2n) is 5.43. The van der Waals surface area contributed by atoms with Crippen molar-refractivity contribution in [2.45, 2.75) is 25.9 Å². The molecule has 1 aliphatic heterocycles. The molecular formula is C16H22N2O3. The van der Waals surface area contributed by atoms with Gasteiger partial charge in [0.15, 0.2) is 0 Å². The number of oxime groups is 1. The highest BCUT2D eigenvalue weighted by atomic mass is 16.6. The predicted octanol–water partition coefficient (Wildman–Crippen LogP) is 1.90. The quantitative estimate of drug-likeness (QED) is 0.680. The third kappa shape index (κ3) is 4.04. The summed E-state index contributed by atoms with van der Waals surface area (Å²) >= 11 is 0. The second-order valence-corrected chi connectivity index (χ2v) is 5.43. The van der Waals surface area contributed by atoms with Gasteiger partial charge in [-0.3, -0.25) is 4.79 Å². The molecule has 2 rings (SSSR count). The maximum absolute atomic E-state index is 12.5. The standard InChI is InChI=1S/C16H22N2O3/c1-12(19)15-4-3-9-18(11-15)16(20)14-7-5-13(6-8-14)10-17-21-2/h5-8,10,12,15,19H,3-4,9,11H2,1-2H3/b17-10+. The third-order valence-electron chi connectivity index (χ3n) is 3.89. The Kier molecular flexibility index (Phi) is 5.33. The molecule has 1 amide bonds. The third-order valence-corrected chi connectivity index (χ3v) is 3.89. The summed E-state index contributed by atoms with van der Waals surface area (Å²) in [5, 5.41) is 13.4. The van der Waals surface area contributed by atoms with E-state index in [0.717, 1.165) is 24.9 Å². The van der Waals surface area contributed by atoms with E-state index in [-0.39, 0.29) is 17.9 Å². The Balaban J connectivity index is 2.03. The van der Waals surface area contributed by atoms with Crippen LogP contribution in [0.2, 0.25) is 0 Å². The highest BCUT2D eigenvalue weighted by Gasteiger charge is 2.26. The van der Waals surface area contributed by atoms with E-state index in [1.54, 1.807) is 25.3 Å². The minimum Gasteiger partial charge on any atom is -0.399 e. The van der Waals surface area contributed by atoms with Crippen LogP contribution in [0.3, 0.4) is 0 Å². The number of piperidine rings is 1. The number of nitrogens with zero attached hydrogens (tertiary/aromatic N) is 2. The summed E-state index contributed by atoms with van der Waals surface area (Å²) in [6, 6.07) is 7.27. The Morgan fingerprint density at radius 2 is 2.19 bits per heavy atom. The topological polar surface area (TPSA) is 62.1 Å². The summed E-state index contributed by atoms with van der Waals surface area (Å²) in [6.07, 6.45) is 3.15. The van der Waals surface area contributed by atoms with Crippen LogP contribution < -0.4 is 0 Å². The Morgan fingerprint density at radius 1 is 1.48 bits per heavy atom. The summed E-state index contributed by atoms with van der Waals surface area (Å²) in [7, 11) is 1.49. The molecule has 0 bridgehead atoms. The molecule has 1 aliphatic rings. The van der Waals surface area contributed by atoms with E-state index in [4.69, 9.17) is 0 Å². The highest BCUT2D eigenvalue weighted by molar-refractivity contribution is 5.95. The molecule has 2 atom stereocenters. The van der Waals surface area contributed by atoms with Crippen LogP contribution in [0.25, 0.3) is 0 Å². The molecule has 1 aromatic carbocycles. The van der Waals surface area contributed by atoms with Crippen molar-refractivity contribution in [3.05, 3.63) is 35.4 Å². The van der Waals surface area contributed by atoms with Crippen LogP contribution in [0.5, 0.6) is 0 Å². The molecular weight excluding hydrogens is 268 g/mol. The monoisotopic (exact) mass is 290 g/mol. The van der Waals surface area contributed by atoms with E-state index >= 15 is 0 Å². The van der Waals surface area contributed by atoms with Crippen LogP contribution >= 0.6 is 0 Å². The van der Waals surface area contributed by atoms with Gasteiger partial charge in [-0.1, -0.05) is 17.3 Å². The van der Waals surface area contributed by atoms with Gasteiger partial charge in [0.25, 0.3) is 5.91 Å². The molecule has 1 heterocycles. The zero-order valence-corrected chi connectivity index (χ0v) is 12.5. The number of hydrogen-bond acceptors (Lipinski definition) is 4. The molecule has 1 saturated heterocycles. The Hall–Kier alpha value is -1.88. The van der Waals surface area contributed by atoms with Crippen molar-refractivity contribution >= 4 is 12.1 Å². The van der Waals surface area contributed by atoms with Crippen LogP contribution in [-0.4, -0.2) is 48.4 Å². The van der Waals surface area contributed by atoms with Crippen molar-refractivity contribution < 1.29 is 14.7 Å². The molecule has 1 N–H and O–H groups in total. The maximum Gasteiger partial charge on any atom is 0.253 e. The summed E-state index contributed by atoms with van der Waals surface area (Å²) < 4.78 is 0. The van der Waals surface area contributed by atoms with Gasteiger partial charge in [0, 0.05) is 24.6 Å². The normalized spacial score (nSPS) is 20.5. The van der Waals surface area contributed by atoms with Gasteiger partial charge < -0.3 is 14.8 Å². The van der Waals surface area contributed by atoms with Crippen molar-refractivity contribution in [3.63, 3.8) is 0 Å². The molecule has 114 valence electrons. The second kappa shape index (κ2) is 7.22. The molecule has 5 nitrogen and oxygen atoms in total. The molecule has 2 unspecified atom stereocenters. The highest BCUT2D eigenvalue weighted by Crippen LogP contribution is 2.21. The van der Waals surface area contributed by atoms with Crippen LogP contribution in [0.4, 0.5) is 0 Å². The number of benzene rings is 1. The van der Waals surface area contributed by atoms with Crippen molar-refractivity contribution in [1.82, 2.24) is 4.90 Å². The fourth-order valence-electron chi connectivity index (χ4n) is 2.60. The van der Waals surface area contributed by atoms with E-state index in [1.807, 2.05) is 17.0 Å². The number of hydrogen-bond donors (Lipinski definition) is 1. The lowest BCUT2D eigenvalue weighted by molar-refractivity contribution is 0.0466. The Bertz CT molecular complexity index is 497. The molecule has 5 heteroatoms. The zero-order valence-electron chi connectivity index (χ0n) is 12.5. The maximum atomic E-state index is 12.5. The number of aliphatic hydroxyl groups excluding tert-OH is 1. The lowest BCUT2D eigenvalue weighted by Gasteiger charge is -2.34. The number of carbonyl (C=O) groups is 1. The first kappa shape index (κ1) is 15.5. The van der Waals surface area contributed by atoms with Gasteiger partial charge in [-0.05, 0) is 37.5 Å². The summed E-state index contributed by atoms with van der Waals surface area (Å²) in [5.74, 6) is 0.200. The average Bonchev–Trinajstić information content (AvgIpc) is 2.53. The van der Waals surface area contributed by atoms with Crippen molar-refractivity contribution in [2.75, 3.05) is 20.2 Å². The number of likely N-dealkylation sites (tertiary alicyclic amines) is 1. The SMILES string of the molecule is CO/N=C/c1ccc(C(=O)N2CCCC(C(C)O)C2)cc1. The molecule has 1 aromatic rings. The van der Waals surface area contributed by atoms with Crippen molar-refractivity contribution in [3.8, 4) is 0 Å². The van der Waals surface area contributed by atoms with Gasteiger partial charge in [-0.15, -0.1) is 0 Å². The molecule has 1 fully saturated rings.